The number of carbonyl (C=O) groups is 1. The summed E-state index contributed by atoms with van der Waals surface area (Å²) in [4.78, 5) is 12.3. The lowest BCUT2D eigenvalue weighted by molar-refractivity contribution is -0.123. The summed E-state index contributed by atoms with van der Waals surface area (Å²) in [5.74, 6) is 0.0937. The molecule has 0 aliphatic carbocycles. The van der Waals surface area contributed by atoms with Crippen LogP contribution in [0.3, 0.4) is 0 Å². The molecule has 1 saturated heterocycles. The van der Waals surface area contributed by atoms with Gasteiger partial charge in [-0.3, -0.25) is 4.79 Å². The van der Waals surface area contributed by atoms with Gasteiger partial charge in [-0.2, -0.15) is 0 Å². The second kappa shape index (κ2) is 7.29. The minimum atomic E-state index is -0.0346. The fourth-order valence-corrected chi connectivity index (χ4v) is 2.57. The summed E-state index contributed by atoms with van der Waals surface area (Å²) in [7, 11) is 0. The Bertz CT molecular complexity index is 385. The van der Waals surface area contributed by atoms with Crippen LogP contribution in [-0.2, 0) is 9.53 Å². The molecule has 1 heterocycles. The number of rotatable bonds is 6. The molecule has 1 aromatic carbocycles. The Morgan fingerprint density at radius 3 is 2.84 bits per heavy atom. The molecule has 1 aliphatic rings. The molecular weight excluding hydrogens is 238 g/mol. The van der Waals surface area contributed by atoms with Gasteiger partial charge in [0.1, 0.15) is 0 Å². The molecule has 0 spiro atoms. The van der Waals surface area contributed by atoms with E-state index in [-0.39, 0.29) is 17.9 Å². The maximum absolute atomic E-state index is 12.3. The minimum absolute atomic E-state index is 0.0346. The van der Waals surface area contributed by atoms with E-state index in [2.05, 4.69) is 12.2 Å². The Morgan fingerprint density at radius 1 is 1.42 bits per heavy atom. The molecule has 3 heteroatoms. The number of nitrogens with one attached hydrogen (secondary N) is 1. The van der Waals surface area contributed by atoms with E-state index in [0.717, 1.165) is 37.9 Å². The van der Waals surface area contributed by atoms with Crippen molar-refractivity contribution in [3.63, 3.8) is 0 Å². The van der Waals surface area contributed by atoms with Gasteiger partial charge < -0.3 is 10.1 Å². The van der Waals surface area contributed by atoms with Gasteiger partial charge in [0.15, 0.2) is 0 Å². The molecule has 1 aliphatic heterocycles. The van der Waals surface area contributed by atoms with Crippen molar-refractivity contribution in [1.82, 2.24) is 5.32 Å². The van der Waals surface area contributed by atoms with Crippen LogP contribution in [-0.4, -0.2) is 25.2 Å². The highest BCUT2D eigenvalue weighted by molar-refractivity contribution is 5.83. The van der Waals surface area contributed by atoms with Gasteiger partial charge in [0.25, 0.3) is 0 Å². The van der Waals surface area contributed by atoms with Crippen molar-refractivity contribution in [2.45, 2.75) is 44.6 Å². The highest BCUT2D eigenvalue weighted by atomic mass is 16.5. The molecule has 0 aromatic heterocycles. The summed E-state index contributed by atoms with van der Waals surface area (Å²) in [6.07, 6.45) is 4.28. The van der Waals surface area contributed by atoms with Crippen molar-refractivity contribution >= 4 is 5.91 Å². The molecule has 19 heavy (non-hydrogen) atoms. The maximum atomic E-state index is 12.3. The van der Waals surface area contributed by atoms with Crippen molar-refractivity contribution in [2.75, 3.05) is 13.2 Å². The van der Waals surface area contributed by atoms with Crippen LogP contribution >= 0.6 is 0 Å². The van der Waals surface area contributed by atoms with E-state index >= 15 is 0 Å². The highest BCUT2D eigenvalue weighted by Crippen LogP contribution is 2.21. The highest BCUT2D eigenvalue weighted by Gasteiger charge is 2.21. The summed E-state index contributed by atoms with van der Waals surface area (Å²) in [5, 5.41) is 3.04. The number of carbonyl (C=O) groups excluding carboxylic acids is 1. The molecule has 1 N–H and O–H groups in total. The van der Waals surface area contributed by atoms with Crippen molar-refractivity contribution in [1.29, 1.82) is 0 Å². The monoisotopic (exact) mass is 261 g/mol. The van der Waals surface area contributed by atoms with E-state index in [9.17, 15) is 4.79 Å². The zero-order chi connectivity index (χ0) is 13.5. The third-order valence-corrected chi connectivity index (χ3v) is 3.62. The largest absolute Gasteiger partial charge is 0.376 e. The predicted molar refractivity (Wildman–Crippen MR) is 76.1 cm³/mol. The van der Waals surface area contributed by atoms with E-state index in [0.29, 0.717) is 6.54 Å². The second-order valence-electron chi connectivity index (χ2n) is 5.13. The number of benzene rings is 1. The van der Waals surface area contributed by atoms with Crippen LogP contribution < -0.4 is 5.32 Å². The summed E-state index contributed by atoms with van der Waals surface area (Å²) in [6.45, 7) is 3.59. The molecule has 1 aromatic rings. The van der Waals surface area contributed by atoms with Gasteiger partial charge in [0, 0.05) is 13.2 Å². The zero-order valence-corrected chi connectivity index (χ0v) is 11.6. The second-order valence-corrected chi connectivity index (χ2v) is 5.13. The quantitative estimate of drug-likeness (QED) is 0.855. The normalized spacial score (nSPS) is 20.2. The lowest BCUT2D eigenvalue weighted by Gasteiger charge is -2.18. The lowest BCUT2D eigenvalue weighted by Crippen LogP contribution is -2.35. The third-order valence-electron chi connectivity index (χ3n) is 3.62. The number of amides is 1. The van der Waals surface area contributed by atoms with Gasteiger partial charge in [-0.25, -0.2) is 0 Å². The van der Waals surface area contributed by atoms with Crippen LogP contribution in [0.25, 0.3) is 0 Å². The first kappa shape index (κ1) is 14.1. The van der Waals surface area contributed by atoms with Gasteiger partial charge in [-0.05, 0) is 24.8 Å². The molecule has 2 atom stereocenters. The maximum Gasteiger partial charge on any atom is 0.227 e. The van der Waals surface area contributed by atoms with E-state index < -0.39 is 0 Å². The van der Waals surface area contributed by atoms with Gasteiger partial charge in [-0.15, -0.1) is 0 Å². The Hall–Kier alpha value is -1.35. The molecule has 1 fully saturated rings. The van der Waals surface area contributed by atoms with Crippen molar-refractivity contribution in [3.05, 3.63) is 35.9 Å². The van der Waals surface area contributed by atoms with Crippen LogP contribution in [0, 0.1) is 0 Å². The molecule has 0 saturated carbocycles. The van der Waals surface area contributed by atoms with Crippen LogP contribution in [0.2, 0.25) is 0 Å². The summed E-state index contributed by atoms with van der Waals surface area (Å²) >= 11 is 0. The van der Waals surface area contributed by atoms with Crippen LogP contribution in [0.5, 0.6) is 0 Å². The SMILES string of the molecule is CCC[C@H](C(=O)NC[C@H]1CCCO1)c1ccccc1. The third kappa shape index (κ3) is 4.06. The molecular formula is C16H23NO2. The first-order chi connectivity index (χ1) is 9.31. The lowest BCUT2D eigenvalue weighted by atomic mass is 9.93. The predicted octanol–water partition coefficient (Wildman–Crippen LogP) is 2.87. The van der Waals surface area contributed by atoms with Gasteiger partial charge in [0.05, 0.1) is 12.0 Å². The Labute approximate surface area is 115 Å². The van der Waals surface area contributed by atoms with Crippen molar-refractivity contribution < 1.29 is 9.53 Å². The average Bonchev–Trinajstić information content (AvgIpc) is 2.96. The standard InChI is InChI=1S/C16H23NO2/c1-2-7-15(13-8-4-3-5-9-13)16(18)17-12-14-10-6-11-19-14/h3-5,8-9,14-15H,2,6-7,10-12H2,1H3,(H,17,18)/t14-,15+/m1/s1. The Balaban J connectivity index is 1.92. The Kier molecular flexibility index (Phi) is 5.40. The first-order valence-corrected chi connectivity index (χ1v) is 7.25. The topological polar surface area (TPSA) is 38.3 Å². The molecule has 3 nitrogen and oxygen atoms in total. The van der Waals surface area contributed by atoms with Crippen LogP contribution in [0.1, 0.15) is 44.1 Å². The van der Waals surface area contributed by atoms with Crippen molar-refractivity contribution in [3.8, 4) is 0 Å². The molecule has 2 rings (SSSR count). The fraction of sp³-hybridized carbons (Fsp3) is 0.562. The molecule has 0 radical (unpaired) electrons. The summed E-state index contributed by atoms with van der Waals surface area (Å²) in [5.41, 5.74) is 1.11. The van der Waals surface area contributed by atoms with Crippen molar-refractivity contribution in [2.24, 2.45) is 0 Å². The van der Waals surface area contributed by atoms with E-state index in [1.807, 2.05) is 30.3 Å². The molecule has 0 bridgehead atoms. The van der Waals surface area contributed by atoms with Gasteiger partial charge in [0.2, 0.25) is 5.91 Å². The van der Waals surface area contributed by atoms with Gasteiger partial charge >= 0.3 is 0 Å². The number of ether oxygens (including phenoxy) is 1. The van der Waals surface area contributed by atoms with E-state index in [1.54, 1.807) is 0 Å². The van der Waals surface area contributed by atoms with E-state index in [1.165, 1.54) is 0 Å². The minimum Gasteiger partial charge on any atom is -0.376 e. The number of hydrogen-bond acceptors (Lipinski definition) is 2. The smallest absolute Gasteiger partial charge is 0.227 e. The summed E-state index contributed by atoms with van der Waals surface area (Å²) < 4.78 is 5.53. The average molecular weight is 261 g/mol. The number of hydrogen-bond donors (Lipinski definition) is 1. The molecule has 0 unspecified atom stereocenters. The van der Waals surface area contributed by atoms with Crippen LogP contribution in [0.4, 0.5) is 0 Å². The van der Waals surface area contributed by atoms with Crippen LogP contribution in [0.15, 0.2) is 30.3 Å². The molecule has 104 valence electrons. The zero-order valence-electron chi connectivity index (χ0n) is 11.6. The molecule has 1 amide bonds. The van der Waals surface area contributed by atoms with E-state index in [4.69, 9.17) is 4.74 Å². The first-order valence-electron chi connectivity index (χ1n) is 7.25. The fourth-order valence-electron chi connectivity index (χ4n) is 2.57. The Morgan fingerprint density at radius 2 is 2.21 bits per heavy atom. The summed E-state index contributed by atoms with van der Waals surface area (Å²) in [6, 6.07) is 10.0. The van der Waals surface area contributed by atoms with Gasteiger partial charge in [-0.1, -0.05) is 43.7 Å².